The van der Waals surface area contributed by atoms with Gasteiger partial charge >= 0.3 is 0 Å². The van der Waals surface area contributed by atoms with Gasteiger partial charge in [-0.1, -0.05) is 32.9 Å². The second-order valence-corrected chi connectivity index (χ2v) is 6.68. The van der Waals surface area contributed by atoms with Crippen LogP contribution >= 0.6 is 0 Å². The molecule has 1 aliphatic carbocycles. The molecule has 0 aliphatic heterocycles. The van der Waals surface area contributed by atoms with E-state index < -0.39 is 5.60 Å². The molecule has 0 saturated heterocycles. The van der Waals surface area contributed by atoms with Crippen molar-refractivity contribution in [3.8, 4) is 0 Å². The third-order valence-corrected chi connectivity index (χ3v) is 4.42. The van der Waals surface area contributed by atoms with Crippen LogP contribution in [0.2, 0.25) is 0 Å². The van der Waals surface area contributed by atoms with Crippen LogP contribution in [0.15, 0.2) is 24.3 Å². The van der Waals surface area contributed by atoms with Gasteiger partial charge in [0.1, 0.15) is 5.82 Å². The van der Waals surface area contributed by atoms with Gasteiger partial charge in [0.25, 0.3) is 0 Å². The van der Waals surface area contributed by atoms with Gasteiger partial charge < -0.3 is 5.11 Å². The molecule has 0 heterocycles. The minimum Gasteiger partial charge on any atom is -0.385 e. The molecule has 1 nitrogen and oxygen atoms in total. The highest BCUT2D eigenvalue weighted by atomic mass is 19.1. The molecule has 0 unspecified atom stereocenters. The predicted octanol–water partition coefficient (Wildman–Crippen LogP) is 4.25. The van der Waals surface area contributed by atoms with Crippen LogP contribution in [0.3, 0.4) is 0 Å². The Bertz CT molecular complexity index is 394. The fourth-order valence-corrected chi connectivity index (χ4v) is 3.01. The maximum absolute atomic E-state index is 12.9. The molecule has 100 valence electrons. The van der Waals surface area contributed by atoms with E-state index in [0.29, 0.717) is 11.3 Å². The Kier molecular flexibility index (Phi) is 3.50. The van der Waals surface area contributed by atoms with Gasteiger partial charge in [-0.2, -0.15) is 0 Å². The Labute approximate surface area is 109 Å². The van der Waals surface area contributed by atoms with E-state index in [-0.39, 0.29) is 5.82 Å². The first-order valence-electron chi connectivity index (χ1n) is 6.80. The zero-order valence-corrected chi connectivity index (χ0v) is 11.5. The quantitative estimate of drug-likeness (QED) is 0.790. The van der Waals surface area contributed by atoms with Crippen LogP contribution in [-0.2, 0) is 5.60 Å². The van der Waals surface area contributed by atoms with E-state index in [0.717, 1.165) is 31.2 Å². The van der Waals surface area contributed by atoms with Crippen molar-refractivity contribution in [1.82, 2.24) is 0 Å². The summed E-state index contributed by atoms with van der Waals surface area (Å²) in [4.78, 5) is 0. The second-order valence-electron chi connectivity index (χ2n) is 6.68. The Balaban J connectivity index is 2.10. The highest BCUT2D eigenvalue weighted by molar-refractivity contribution is 5.23. The monoisotopic (exact) mass is 250 g/mol. The minimum atomic E-state index is -0.755. The summed E-state index contributed by atoms with van der Waals surface area (Å²) in [6, 6.07) is 6.30. The fraction of sp³-hybridized carbons (Fsp3) is 0.625. The number of halogens is 1. The van der Waals surface area contributed by atoms with E-state index in [1.54, 1.807) is 12.1 Å². The lowest BCUT2D eigenvalue weighted by Crippen LogP contribution is -2.35. The molecule has 2 rings (SSSR count). The lowest BCUT2D eigenvalue weighted by Gasteiger charge is -2.41. The molecule has 0 spiro atoms. The van der Waals surface area contributed by atoms with Crippen LogP contribution < -0.4 is 0 Å². The number of benzene rings is 1. The molecule has 0 radical (unpaired) electrons. The molecule has 18 heavy (non-hydrogen) atoms. The first-order chi connectivity index (χ1) is 8.31. The van der Waals surface area contributed by atoms with Crippen molar-refractivity contribution in [2.75, 3.05) is 0 Å². The third-order valence-electron chi connectivity index (χ3n) is 4.42. The van der Waals surface area contributed by atoms with Crippen LogP contribution in [0, 0.1) is 17.2 Å². The number of rotatable bonds is 1. The van der Waals surface area contributed by atoms with Gasteiger partial charge in [-0.3, -0.25) is 0 Å². The summed E-state index contributed by atoms with van der Waals surface area (Å²) >= 11 is 0. The summed E-state index contributed by atoms with van der Waals surface area (Å²) in [5, 5.41) is 10.7. The fourth-order valence-electron chi connectivity index (χ4n) is 3.01. The Morgan fingerprint density at radius 3 is 2.06 bits per heavy atom. The van der Waals surface area contributed by atoms with Gasteiger partial charge in [0.05, 0.1) is 5.60 Å². The van der Waals surface area contributed by atoms with Crippen molar-refractivity contribution < 1.29 is 9.50 Å². The molecule has 0 amide bonds. The zero-order chi connectivity index (χ0) is 13.4. The van der Waals surface area contributed by atoms with Crippen LogP contribution in [0.1, 0.15) is 52.0 Å². The van der Waals surface area contributed by atoms with E-state index in [1.165, 1.54) is 12.1 Å². The largest absolute Gasteiger partial charge is 0.385 e. The van der Waals surface area contributed by atoms with Crippen molar-refractivity contribution in [2.45, 2.75) is 52.1 Å². The smallest absolute Gasteiger partial charge is 0.123 e. The van der Waals surface area contributed by atoms with Crippen molar-refractivity contribution in [2.24, 2.45) is 11.3 Å². The minimum absolute atomic E-state index is 0.245. The standard InChI is InChI=1S/C16H23FO/c1-15(2,3)12-8-10-16(18,11-9-12)13-4-6-14(17)7-5-13/h4-7,12,18H,8-11H2,1-3H3/t12-,16-. The number of hydrogen-bond acceptors (Lipinski definition) is 1. The lowest BCUT2D eigenvalue weighted by atomic mass is 9.67. The summed E-state index contributed by atoms with van der Waals surface area (Å²) in [7, 11) is 0. The molecule has 0 aromatic heterocycles. The van der Waals surface area contributed by atoms with Gasteiger partial charge in [0, 0.05) is 0 Å². The van der Waals surface area contributed by atoms with E-state index >= 15 is 0 Å². The van der Waals surface area contributed by atoms with Gasteiger partial charge in [-0.15, -0.1) is 0 Å². The predicted molar refractivity (Wildman–Crippen MR) is 71.7 cm³/mol. The summed E-state index contributed by atoms with van der Waals surface area (Å²) < 4.78 is 12.9. The number of hydrogen-bond donors (Lipinski definition) is 1. The Hall–Kier alpha value is -0.890. The highest BCUT2D eigenvalue weighted by Gasteiger charge is 2.38. The second kappa shape index (κ2) is 4.65. The summed E-state index contributed by atoms with van der Waals surface area (Å²) in [5.74, 6) is 0.420. The lowest BCUT2D eigenvalue weighted by molar-refractivity contribution is -0.0298. The van der Waals surface area contributed by atoms with E-state index in [4.69, 9.17) is 0 Å². The van der Waals surface area contributed by atoms with Gasteiger partial charge in [-0.05, 0) is 54.7 Å². The Morgan fingerprint density at radius 2 is 1.61 bits per heavy atom. The van der Waals surface area contributed by atoms with Crippen molar-refractivity contribution >= 4 is 0 Å². The van der Waals surface area contributed by atoms with Crippen LogP contribution in [0.5, 0.6) is 0 Å². The topological polar surface area (TPSA) is 20.2 Å². The maximum atomic E-state index is 12.9. The molecule has 1 aromatic rings. The first kappa shape index (κ1) is 13.5. The summed E-state index contributed by atoms with van der Waals surface area (Å²) in [6.07, 6.45) is 3.63. The summed E-state index contributed by atoms with van der Waals surface area (Å²) in [5.41, 5.74) is 0.413. The number of aliphatic hydroxyl groups is 1. The average molecular weight is 250 g/mol. The van der Waals surface area contributed by atoms with Gasteiger partial charge in [-0.25, -0.2) is 4.39 Å². The Morgan fingerprint density at radius 1 is 1.11 bits per heavy atom. The van der Waals surface area contributed by atoms with Crippen LogP contribution in [0.25, 0.3) is 0 Å². The van der Waals surface area contributed by atoms with Crippen molar-refractivity contribution in [1.29, 1.82) is 0 Å². The van der Waals surface area contributed by atoms with Crippen molar-refractivity contribution in [3.05, 3.63) is 35.6 Å². The molecule has 0 atom stereocenters. The van der Waals surface area contributed by atoms with Crippen LogP contribution in [-0.4, -0.2) is 5.11 Å². The average Bonchev–Trinajstić information content (AvgIpc) is 2.29. The van der Waals surface area contributed by atoms with E-state index in [9.17, 15) is 9.50 Å². The molecule has 2 heteroatoms. The molecule has 1 aromatic carbocycles. The highest BCUT2D eigenvalue weighted by Crippen LogP contribution is 2.45. The van der Waals surface area contributed by atoms with Gasteiger partial charge in [0.2, 0.25) is 0 Å². The zero-order valence-electron chi connectivity index (χ0n) is 11.5. The molecule has 0 bridgehead atoms. The molecule has 1 aliphatic rings. The maximum Gasteiger partial charge on any atom is 0.123 e. The molecular weight excluding hydrogens is 227 g/mol. The first-order valence-corrected chi connectivity index (χ1v) is 6.80. The molecule has 1 N–H and O–H groups in total. The SMILES string of the molecule is CC(C)(C)[C@H]1CC[C@@](O)(c2ccc(F)cc2)CC1. The molecule has 1 saturated carbocycles. The molecule has 1 fully saturated rings. The third kappa shape index (κ3) is 2.74. The van der Waals surface area contributed by atoms with Crippen molar-refractivity contribution in [3.63, 3.8) is 0 Å². The van der Waals surface area contributed by atoms with Crippen LogP contribution in [0.4, 0.5) is 4.39 Å². The molecular formula is C16H23FO. The normalized spacial score (nSPS) is 29.3. The van der Waals surface area contributed by atoms with E-state index in [2.05, 4.69) is 20.8 Å². The summed E-state index contributed by atoms with van der Waals surface area (Å²) in [6.45, 7) is 6.79. The van der Waals surface area contributed by atoms with Gasteiger partial charge in [0.15, 0.2) is 0 Å². The van der Waals surface area contributed by atoms with E-state index in [1.807, 2.05) is 0 Å².